The summed E-state index contributed by atoms with van der Waals surface area (Å²) in [6.07, 6.45) is 1.08. The Kier molecular flexibility index (Phi) is 4.75. The van der Waals surface area contributed by atoms with Crippen molar-refractivity contribution in [2.75, 3.05) is 0 Å². The summed E-state index contributed by atoms with van der Waals surface area (Å²) in [6, 6.07) is 17.8. The van der Waals surface area contributed by atoms with Crippen molar-refractivity contribution in [1.82, 2.24) is 5.32 Å². The third-order valence-corrected chi connectivity index (χ3v) is 3.52. The van der Waals surface area contributed by atoms with E-state index in [-0.39, 0.29) is 0 Å². The molecule has 0 bridgehead atoms. The second-order valence-corrected chi connectivity index (χ2v) is 5.40. The summed E-state index contributed by atoms with van der Waals surface area (Å²) in [5, 5.41) is 3.61. The fourth-order valence-corrected chi connectivity index (χ4v) is 2.37. The number of rotatable bonds is 5. The Bertz CT molecular complexity index is 516. The van der Waals surface area contributed by atoms with Crippen LogP contribution < -0.4 is 5.32 Å². The minimum absolute atomic E-state index is 0.489. The smallest absolute Gasteiger partial charge is 0.0210 e. The van der Waals surface area contributed by atoms with Gasteiger partial charge in [0.15, 0.2) is 0 Å². The lowest BCUT2D eigenvalue weighted by atomic mass is 10.0. The largest absolute Gasteiger partial charge is 0.310 e. The Morgan fingerprint density at radius 3 is 2.42 bits per heavy atom. The molecule has 0 amide bonds. The molecule has 100 valence electrons. The van der Waals surface area contributed by atoms with Gasteiger partial charge in [-0.05, 0) is 43.9 Å². The van der Waals surface area contributed by atoms with Crippen LogP contribution in [0, 0.1) is 13.8 Å². The summed E-state index contributed by atoms with van der Waals surface area (Å²) in [5.41, 5.74) is 5.49. The number of benzene rings is 2. The molecule has 0 saturated carbocycles. The van der Waals surface area contributed by atoms with Gasteiger partial charge in [-0.1, -0.05) is 54.1 Å². The van der Waals surface area contributed by atoms with Gasteiger partial charge < -0.3 is 5.32 Å². The van der Waals surface area contributed by atoms with E-state index in [9.17, 15) is 0 Å². The first kappa shape index (κ1) is 13.8. The van der Waals surface area contributed by atoms with Gasteiger partial charge in [-0.15, -0.1) is 0 Å². The Morgan fingerprint density at radius 1 is 1.00 bits per heavy atom. The Labute approximate surface area is 116 Å². The molecule has 0 aliphatic rings. The predicted octanol–water partition coefficient (Wildman–Crippen LogP) is 4.02. The average molecular weight is 253 g/mol. The Hall–Kier alpha value is -1.60. The van der Waals surface area contributed by atoms with E-state index in [1.165, 1.54) is 22.3 Å². The third-order valence-electron chi connectivity index (χ3n) is 3.52. The molecule has 1 heteroatoms. The Balaban J connectivity index is 1.88. The highest BCUT2D eigenvalue weighted by atomic mass is 14.9. The summed E-state index contributed by atoms with van der Waals surface area (Å²) in [6.45, 7) is 7.52. The van der Waals surface area contributed by atoms with E-state index in [0.717, 1.165) is 13.0 Å². The van der Waals surface area contributed by atoms with E-state index in [2.05, 4.69) is 74.6 Å². The molecule has 2 aromatic rings. The zero-order chi connectivity index (χ0) is 13.7. The fraction of sp³-hybridized carbons (Fsp3) is 0.333. The highest BCUT2D eigenvalue weighted by Gasteiger charge is 2.04. The molecule has 0 heterocycles. The second kappa shape index (κ2) is 6.53. The first-order chi connectivity index (χ1) is 9.15. The van der Waals surface area contributed by atoms with Gasteiger partial charge in [0.1, 0.15) is 0 Å². The minimum atomic E-state index is 0.489. The predicted molar refractivity (Wildman–Crippen MR) is 82.4 cm³/mol. The number of hydrogen-bond donors (Lipinski definition) is 1. The second-order valence-electron chi connectivity index (χ2n) is 5.40. The van der Waals surface area contributed by atoms with Crippen LogP contribution >= 0.6 is 0 Å². The van der Waals surface area contributed by atoms with Crippen molar-refractivity contribution in [2.24, 2.45) is 0 Å². The maximum absolute atomic E-state index is 3.61. The molecule has 0 aliphatic heterocycles. The summed E-state index contributed by atoms with van der Waals surface area (Å²) in [7, 11) is 0. The molecular formula is C18H23N. The summed E-state index contributed by atoms with van der Waals surface area (Å²) < 4.78 is 0. The molecule has 1 unspecified atom stereocenters. The first-order valence-corrected chi connectivity index (χ1v) is 6.98. The van der Waals surface area contributed by atoms with Gasteiger partial charge in [0, 0.05) is 12.6 Å². The quantitative estimate of drug-likeness (QED) is 0.848. The third kappa shape index (κ3) is 4.22. The SMILES string of the molecule is Cc1ccc(CNC(C)Cc2ccccc2)c(C)c1. The van der Waals surface area contributed by atoms with Crippen LogP contribution in [-0.2, 0) is 13.0 Å². The van der Waals surface area contributed by atoms with Crippen molar-refractivity contribution < 1.29 is 0 Å². The maximum atomic E-state index is 3.61. The molecule has 0 aliphatic carbocycles. The van der Waals surface area contributed by atoms with Crippen molar-refractivity contribution >= 4 is 0 Å². The van der Waals surface area contributed by atoms with Crippen LogP contribution in [0.15, 0.2) is 48.5 Å². The molecule has 0 aromatic heterocycles. The van der Waals surface area contributed by atoms with Crippen LogP contribution in [0.1, 0.15) is 29.2 Å². The molecule has 0 fully saturated rings. The van der Waals surface area contributed by atoms with Crippen LogP contribution in [-0.4, -0.2) is 6.04 Å². The number of hydrogen-bond acceptors (Lipinski definition) is 1. The van der Waals surface area contributed by atoms with Gasteiger partial charge in [-0.3, -0.25) is 0 Å². The van der Waals surface area contributed by atoms with Gasteiger partial charge in [-0.25, -0.2) is 0 Å². The van der Waals surface area contributed by atoms with E-state index < -0.39 is 0 Å². The fourth-order valence-electron chi connectivity index (χ4n) is 2.37. The highest BCUT2D eigenvalue weighted by Crippen LogP contribution is 2.11. The molecule has 0 spiro atoms. The van der Waals surface area contributed by atoms with Crippen LogP contribution in [0.25, 0.3) is 0 Å². The van der Waals surface area contributed by atoms with E-state index in [1.54, 1.807) is 0 Å². The van der Waals surface area contributed by atoms with E-state index in [0.29, 0.717) is 6.04 Å². The van der Waals surface area contributed by atoms with Crippen molar-refractivity contribution in [1.29, 1.82) is 0 Å². The van der Waals surface area contributed by atoms with E-state index >= 15 is 0 Å². The summed E-state index contributed by atoms with van der Waals surface area (Å²) in [4.78, 5) is 0. The van der Waals surface area contributed by atoms with Gasteiger partial charge in [0.05, 0.1) is 0 Å². The molecule has 1 N–H and O–H groups in total. The zero-order valence-electron chi connectivity index (χ0n) is 12.1. The average Bonchev–Trinajstić information content (AvgIpc) is 2.39. The molecular weight excluding hydrogens is 230 g/mol. The number of aryl methyl sites for hydroxylation is 2. The molecule has 1 atom stereocenters. The minimum Gasteiger partial charge on any atom is -0.310 e. The normalized spacial score (nSPS) is 12.4. The van der Waals surface area contributed by atoms with Crippen molar-refractivity contribution in [3.8, 4) is 0 Å². The molecule has 0 saturated heterocycles. The summed E-state index contributed by atoms with van der Waals surface area (Å²) in [5.74, 6) is 0. The van der Waals surface area contributed by atoms with Crippen LogP contribution in [0.3, 0.4) is 0 Å². The summed E-state index contributed by atoms with van der Waals surface area (Å²) >= 11 is 0. The van der Waals surface area contributed by atoms with Crippen molar-refractivity contribution in [3.63, 3.8) is 0 Å². The lowest BCUT2D eigenvalue weighted by molar-refractivity contribution is 0.544. The molecule has 1 nitrogen and oxygen atoms in total. The topological polar surface area (TPSA) is 12.0 Å². The first-order valence-electron chi connectivity index (χ1n) is 6.98. The maximum Gasteiger partial charge on any atom is 0.0210 e. The van der Waals surface area contributed by atoms with Gasteiger partial charge in [0.2, 0.25) is 0 Å². The van der Waals surface area contributed by atoms with Crippen molar-refractivity contribution in [2.45, 2.75) is 39.8 Å². The molecule has 19 heavy (non-hydrogen) atoms. The zero-order valence-corrected chi connectivity index (χ0v) is 12.1. The van der Waals surface area contributed by atoms with E-state index in [4.69, 9.17) is 0 Å². The van der Waals surface area contributed by atoms with Gasteiger partial charge in [-0.2, -0.15) is 0 Å². The monoisotopic (exact) mass is 253 g/mol. The van der Waals surface area contributed by atoms with Crippen LogP contribution in [0.2, 0.25) is 0 Å². The highest BCUT2D eigenvalue weighted by molar-refractivity contribution is 5.30. The van der Waals surface area contributed by atoms with Gasteiger partial charge >= 0.3 is 0 Å². The molecule has 2 rings (SSSR count). The number of nitrogens with one attached hydrogen (secondary N) is 1. The standard InChI is InChI=1S/C18H23N/c1-14-9-10-18(15(2)11-14)13-19-16(3)12-17-7-5-4-6-8-17/h4-11,16,19H,12-13H2,1-3H3. The molecule has 0 radical (unpaired) electrons. The Morgan fingerprint density at radius 2 is 1.74 bits per heavy atom. The van der Waals surface area contributed by atoms with E-state index in [1.807, 2.05) is 0 Å². The van der Waals surface area contributed by atoms with Gasteiger partial charge in [0.25, 0.3) is 0 Å². The molecule has 2 aromatic carbocycles. The van der Waals surface area contributed by atoms with Crippen molar-refractivity contribution in [3.05, 3.63) is 70.8 Å². The lowest BCUT2D eigenvalue weighted by Gasteiger charge is -2.15. The van der Waals surface area contributed by atoms with Crippen LogP contribution in [0.5, 0.6) is 0 Å². The van der Waals surface area contributed by atoms with Crippen LogP contribution in [0.4, 0.5) is 0 Å². The lowest BCUT2D eigenvalue weighted by Crippen LogP contribution is -2.27.